The van der Waals surface area contributed by atoms with Crippen molar-refractivity contribution in [2.75, 3.05) is 0 Å². The van der Waals surface area contributed by atoms with Crippen LogP contribution in [-0.2, 0) is 16.1 Å². The quantitative estimate of drug-likeness (QED) is 0.771. The van der Waals surface area contributed by atoms with E-state index < -0.39 is 11.6 Å². The van der Waals surface area contributed by atoms with Gasteiger partial charge in [0.25, 0.3) is 5.56 Å². The summed E-state index contributed by atoms with van der Waals surface area (Å²) in [4.78, 5) is 26.8. The van der Waals surface area contributed by atoms with Crippen molar-refractivity contribution in [1.82, 2.24) is 9.55 Å². The summed E-state index contributed by atoms with van der Waals surface area (Å²) < 4.78 is 6.61. The number of esters is 1. The molecular formula is C10H13BrN2O3. The first-order valence-electron chi connectivity index (χ1n) is 4.71. The van der Waals surface area contributed by atoms with Gasteiger partial charge in [0.05, 0.1) is 6.33 Å². The monoisotopic (exact) mass is 288 g/mol. The molecule has 0 fully saturated rings. The summed E-state index contributed by atoms with van der Waals surface area (Å²) in [7, 11) is 0. The second kappa shape index (κ2) is 4.78. The smallest absolute Gasteiger partial charge is 0.326 e. The van der Waals surface area contributed by atoms with Crippen LogP contribution in [0.3, 0.4) is 0 Å². The van der Waals surface area contributed by atoms with Gasteiger partial charge in [-0.3, -0.25) is 14.2 Å². The molecule has 0 aliphatic carbocycles. The van der Waals surface area contributed by atoms with Crippen LogP contribution in [0, 0.1) is 0 Å². The van der Waals surface area contributed by atoms with Crippen LogP contribution in [0.4, 0.5) is 0 Å². The fourth-order valence-corrected chi connectivity index (χ4v) is 1.40. The summed E-state index contributed by atoms with van der Waals surface area (Å²) >= 11 is 3.05. The lowest BCUT2D eigenvalue weighted by Crippen LogP contribution is -2.30. The summed E-state index contributed by atoms with van der Waals surface area (Å²) in [6, 6.07) is 0. The highest BCUT2D eigenvalue weighted by atomic mass is 79.9. The fraction of sp³-hybridized carbons (Fsp3) is 0.500. The molecule has 0 radical (unpaired) electrons. The molecule has 0 aromatic carbocycles. The summed E-state index contributed by atoms with van der Waals surface area (Å²) in [5.74, 6) is -0.463. The van der Waals surface area contributed by atoms with Crippen LogP contribution in [0.1, 0.15) is 20.8 Å². The van der Waals surface area contributed by atoms with Gasteiger partial charge in [-0.1, -0.05) is 0 Å². The zero-order valence-corrected chi connectivity index (χ0v) is 10.9. The molecule has 0 aliphatic heterocycles. The number of hydrogen-bond acceptors (Lipinski definition) is 4. The first-order chi connectivity index (χ1) is 7.29. The van der Waals surface area contributed by atoms with Gasteiger partial charge in [0, 0.05) is 6.20 Å². The van der Waals surface area contributed by atoms with Crippen molar-refractivity contribution in [2.45, 2.75) is 32.9 Å². The van der Waals surface area contributed by atoms with Crippen LogP contribution in [0.5, 0.6) is 0 Å². The van der Waals surface area contributed by atoms with Crippen molar-refractivity contribution in [3.8, 4) is 0 Å². The number of hydrogen-bond donors (Lipinski definition) is 0. The molecule has 1 aromatic heterocycles. The number of carbonyl (C=O) groups is 1. The maximum atomic E-state index is 11.5. The molecule has 1 rings (SSSR count). The lowest BCUT2D eigenvalue weighted by molar-refractivity contribution is -0.155. The van der Waals surface area contributed by atoms with Gasteiger partial charge in [0.2, 0.25) is 0 Å². The van der Waals surface area contributed by atoms with Crippen molar-refractivity contribution in [1.29, 1.82) is 0 Å². The third-order valence-electron chi connectivity index (χ3n) is 1.58. The van der Waals surface area contributed by atoms with Crippen LogP contribution < -0.4 is 5.56 Å². The van der Waals surface area contributed by atoms with Gasteiger partial charge < -0.3 is 4.74 Å². The van der Waals surface area contributed by atoms with Crippen molar-refractivity contribution in [3.63, 3.8) is 0 Å². The Morgan fingerprint density at radius 1 is 1.56 bits per heavy atom. The Labute approximate surface area is 102 Å². The Morgan fingerprint density at radius 3 is 2.75 bits per heavy atom. The Morgan fingerprint density at radius 2 is 2.19 bits per heavy atom. The van der Waals surface area contributed by atoms with Gasteiger partial charge in [0.15, 0.2) is 0 Å². The zero-order valence-electron chi connectivity index (χ0n) is 9.36. The SMILES string of the molecule is CC(C)(C)OC(=O)Cn1cncc(Br)c1=O. The lowest BCUT2D eigenvalue weighted by Gasteiger charge is -2.19. The highest BCUT2D eigenvalue weighted by molar-refractivity contribution is 9.10. The number of nitrogens with zero attached hydrogens (tertiary/aromatic N) is 2. The normalized spacial score (nSPS) is 11.2. The minimum atomic E-state index is -0.555. The first kappa shape index (κ1) is 12.9. The van der Waals surface area contributed by atoms with Gasteiger partial charge in [-0.15, -0.1) is 0 Å². The highest BCUT2D eigenvalue weighted by Crippen LogP contribution is 2.07. The topological polar surface area (TPSA) is 61.2 Å². The van der Waals surface area contributed by atoms with E-state index in [1.54, 1.807) is 20.8 Å². The summed E-state index contributed by atoms with van der Waals surface area (Å²) in [5, 5.41) is 0. The van der Waals surface area contributed by atoms with E-state index in [4.69, 9.17) is 4.74 Å². The number of carbonyl (C=O) groups excluding carboxylic acids is 1. The van der Waals surface area contributed by atoms with Gasteiger partial charge in [0.1, 0.15) is 16.6 Å². The largest absolute Gasteiger partial charge is 0.459 e. The summed E-state index contributed by atoms with van der Waals surface area (Å²) in [6.45, 7) is 5.18. The van der Waals surface area contributed by atoms with Gasteiger partial charge in [-0.25, -0.2) is 4.98 Å². The van der Waals surface area contributed by atoms with E-state index in [0.29, 0.717) is 4.47 Å². The predicted molar refractivity (Wildman–Crippen MR) is 62.0 cm³/mol. The molecule has 0 aliphatic rings. The standard InChI is InChI=1S/C10H13BrN2O3/c1-10(2,3)16-8(14)5-13-6-12-4-7(11)9(13)15/h4,6H,5H2,1-3H3. The Hall–Kier alpha value is -1.17. The summed E-state index contributed by atoms with van der Waals surface area (Å²) in [5.41, 5.74) is -0.860. The molecule has 6 heteroatoms. The minimum Gasteiger partial charge on any atom is -0.459 e. The van der Waals surface area contributed by atoms with E-state index in [1.807, 2.05) is 0 Å². The lowest BCUT2D eigenvalue weighted by atomic mass is 10.2. The predicted octanol–water partition coefficient (Wildman–Crippen LogP) is 1.35. The van der Waals surface area contributed by atoms with Gasteiger partial charge in [-0.2, -0.15) is 0 Å². The van der Waals surface area contributed by atoms with E-state index in [-0.39, 0.29) is 12.1 Å². The molecule has 0 amide bonds. The van der Waals surface area contributed by atoms with E-state index in [2.05, 4.69) is 20.9 Å². The maximum absolute atomic E-state index is 11.5. The second-order valence-corrected chi connectivity index (χ2v) is 5.12. The molecule has 0 bridgehead atoms. The van der Waals surface area contributed by atoms with Gasteiger partial charge >= 0.3 is 5.97 Å². The van der Waals surface area contributed by atoms with Crippen molar-refractivity contribution in [3.05, 3.63) is 27.4 Å². The van der Waals surface area contributed by atoms with Crippen LogP contribution in [0.15, 0.2) is 21.8 Å². The second-order valence-electron chi connectivity index (χ2n) is 4.26. The van der Waals surface area contributed by atoms with Crippen molar-refractivity contribution < 1.29 is 9.53 Å². The maximum Gasteiger partial charge on any atom is 0.326 e. The molecule has 0 saturated heterocycles. The Balaban J connectivity index is 2.78. The number of halogens is 1. The number of aromatic nitrogens is 2. The molecule has 0 saturated carbocycles. The zero-order chi connectivity index (χ0) is 12.3. The van der Waals surface area contributed by atoms with Crippen molar-refractivity contribution >= 4 is 21.9 Å². The average Bonchev–Trinajstić information content (AvgIpc) is 2.09. The summed E-state index contributed by atoms with van der Waals surface area (Å²) in [6.07, 6.45) is 2.69. The molecule has 5 nitrogen and oxygen atoms in total. The van der Waals surface area contributed by atoms with Crippen LogP contribution in [0.2, 0.25) is 0 Å². The molecule has 0 atom stereocenters. The molecular weight excluding hydrogens is 276 g/mol. The molecule has 0 N–H and O–H groups in total. The Bertz CT molecular complexity index is 448. The van der Waals surface area contributed by atoms with Crippen LogP contribution in [-0.4, -0.2) is 21.1 Å². The fourth-order valence-electron chi connectivity index (χ4n) is 1.05. The first-order valence-corrected chi connectivity index (χ1v) is 5.51. The molecule has 1 aromatic rings. The molecule has 16 heavy (non-hydrogen) atoms. The van der Waals surface area contributed by atoms with Crippen LogP contribution >= 0.6 is 15.9 Å². The highest BCUT2D eigenvalue weighted by Gasteiger charge is 2.17. The van der Waals surface area contributed by atoms with E-state index in [1.165, 1.54) is 17.1 Å². The van der Waals surface area contributed by atoms with E-state index in [9.17, 15) is 9.59 Å². The molecule has 0 unspecified atom stereocenters. The minimum absolute atomic E-state index is 0.136. The van der Waals surface area contributed by atoms with E-state index >= 15 is 0 Å². The van der Waals surface area contributed by atoms with Gasteiger partial charge in [-0.05, 0) is 36.7 Å². The van der Waals surface area contributed by atoms with E-state index in [0.717, 1.165) is 0 Å². The average molecular weight is 289 g/mol. The third kappa shape index (κ3) is 3.77. The molecule has 0 spiro atoms. The van der Waals surface area contributed by atoms with Crippen LogP contribution in [0.25, 0.3) is 0 Å². The van der Waals surface area contributed by atoms with Crippen molar-refractivity contribution in [2.24, 2.45) is 0 Å². The number of rotatable bonds is 2. The Kier molecular flexibility index (Phi) is 3.85. The third-order valence-corrected chi connectivity index (χ3v) is 2.12. The molecule has 1 heterocycles. The number of ether oxygens (including phenoxy) is 1. The molecule has 88 valence electrons.